The highest BCUT2D eigenvalue weighted by Crippen LogP contribution is 2.86. The van der Waals surface area contributed by atoms with E-state index in [-0.39, 0.29) is 12.1 Å². The molecule has 0 N–H and O–H groups in total. The molecule has 19 heavy (non-hydrogen) atoms. The van der Waals surface area contributed by atoms with Crippen molar-refractivity contribution in [1.29, 1.82) is 0 Å². The van der Waals surface area contributed by atoms with E-state index in [1.165, 1.54) is 25.7 Å². The van der Waals surface area contributed by atoms with Crippen molar-refractivity contribution in [3.8, 4) is 0 Å². The number of rotatable bonds is 1. The maximum atomic E-state index is 11.3. The summed E-state index contributed by atoms with van der Waals surface area (Å²) in [4.78, 5) is 11.3. The van der Waals surface area contributed by atoms with Gasteiger partial charge in [-0.3, -0.25) is 4.79 Å². The summed E-state index contributed by atoms with van der Waals surface area (Å²) in [5, 5.41) is 0. The molecule has 0 saturated heterocycles. The average molecular weight is 262 g/mol. The highest BCUT2D eigenvalue weighted by atomic mass is 16.5. The zero-order valence-electron chi connectivity index (χ0n) is 12.7. The quantitative estimate of drug-likeness (QED) is 0.672. The largest absolute Gasteiger partial charge is 0.462 e. The van der Waals surface area contributed by atoms with E-state index in [2.05, 4.69) is 20.8 Å². The number of esters is 1. The molecule has 4 bridgehead atoms. The zero-order chi connectivity index (χ0) is 13.6. The van der Waals surface area contributed by atoms with Crippen LogP contribution >= 0.6 is 0 Å². The highest BCUT2D eigenvalue weighted by Gasteiger charge is 2.79. The lowest BCUT2D eigenvalue weighted by atomic mass is 9.44. The van der Waals surface area contributed by atoms with Gasteiger partial charge >= 0.3 is 5.97 Å². The molecule has 0 aliphatic heterocycles. The lowest BCUT2D eigenvalue weighted by Gasteiger charge is -2.61. The third kappa shape index (κ3) is 1.22. The molecule has 5 rings (SSSR count). The fraction of sp³-hybridized carbons (Fsp3) is 0.941. The summed E-state index contributed by atoms with van der Waals surface area (Å²) in [6.07, 6.45) is 6.82. The smallest absolute Gasteiger partial charge is 0.302 e. The summed E-state index contributed by atoms with van der Waals surface area (Å²) < 4.78 is 5.61. The summed E-state index contributed by atoms with van der Waals surface area (Å²) in [5.74, 6) is 2.42. The van der Waals surface area contributed by atoms with Crippen LogP contribution in [0.15, 0.2) is 0 Å². The Balaban J connectivity index is 1.65. The maximum absolute atomic E-state index is 11.3. The molecule has 7 unspecified atom stereocenters. The normalized spacial score (nSPS) is 61.5. The van der Waals surface area contributed by atoms with Crippen LogP contribution in [-0.4, -0.2) is 12.1 Å². The SMILES string of the molecule is CC(=O)OC1CCC23CC4C(CC2(C)C1C)C4(C)C3. The number of carbonyl (C=O) groups is 1. The predicted molar refractivity (Wildman–Crippen MR) is 73.4 cm³/mol. The van der Waals surface area contributed by atoms with Crippen molar-refractivity contribution in [3.05, 3.63) is 0 Å². The summed E-state index contributed by atoms with van der Waals surface area (Å²) in [6, 6.07) is 0. The third-order valence-electron chi connectivity index (χ3n) is 8.04. The van der Waals surface area contributed by atoms with Gasteiger partial charge in [-0.1, -0.05) is 20.8 Å². The van der Waals surface area contributed by atoms with E-state index in [9.17, 15) is 4.79 Å². The molecule has 0 amide bonds. The Kier molecular flexibility index (Phi) is 2.06. The Morgan fingerprint density at radius 3 is 2.47 bits per heavy atom. The van der Waals surface area contributed by atoms with Crippen LogP contribution in [0, 0.1) is 34.0 Å². The Morgan fingerprint density at radius 2 is 1.89 bits per heavy atom. The van der Waals surface area contributed by atoms with Gasteiger partial charge in [-0.25, -0.2) is 0 Å². The molecule has 5 aliphatic rings. The maximum Gasteiger partial charge on any atom is 0.302 e. The van der Waals surface area contributed by atoms with Crippen LogP contribution in [0.25, 0.3) is 0 Å². The monoisotopic (exact) mass is 262 g/mol. The summed E-state index contributed by atoms with van der Waals surface area (Å²) >= 11 is 0. The number of ether oxygens (including phenoxy) is 1. The van der Waals surface area contributed by atoms with Crippen LogP contribution in [0.4, 0.5) is 0 Å². The Hall–Kier alpha value is -0.530. The Morgan fingerprint density at radius 1 is 1.21 bits per heavy atom. The van der Waals surface area contributed by atoms with Crippen molar-refractivity contribution in [2.24, 2.45) is 34.0 Å². The predicted octanol–water partition coefficient (Wildman–Crippen LogP) is 3.79. The first-order chi connectivity index (χ1) is 8.82. The third-order valence-corrected chi connectivity index (χ3v) is 8.04. The minimum atomic E-state index is -0.102. The molecule has 1 spiro atoms. The van der Waals surface area contributed by atoms with Gasteiger partial charge in [-0.2, -0.15) is 0 Å². The fourth-order valence-electron chi connectivity index (χ4n) is 6.71. The van der Waals surface area contributed by atoms with Crippen LogP contribution < -0.4 is 0 Å². The first kappa shape index (κ1) is 12.2. The molecule has 2 nitrogen and oxygen atoms in total. The van der Waals surface area contributed by atoms with Crippen LogP contribution in [0.3, 0.4) is 0 Å². The van der Waals surface area contributed by atoms with E-state index in [0.717, 1.165) is 18.3 Å². The molecule has 0 aromatic rings. The van der Waals surface area contributed by atoms with Crippen LogP contribution in [0.5, 0.6) is 0 Å². The summed E-state index contributed by atoms with van der Waals surface area (Å²) in [6.45, 7) is 8.92. The van der Waals surface area contributed by atoms with Crippen molar-refractivity contribution in [2.75, 3.05) is 0 Å². The molecule has 2 heteroatoms. The van der Waals surface area contributed by atoms with Crippen molar-refractivity contribution in [2.45, 2.75) is 65.9 Å². The van der Waals surface area contributed by atoms with Crippen molar-refractivity contribution in [1.82, 2.24) is 0 Å². The van der Waals surface area contributed by atoms with Gasteiger partial charge in [0.05, 0.1) is 0 Å². The van der Waals surface area contributed by atoms with E-state index in [1.54, 1.807) is 6.92 Å². The van der Waals surface area contributed by atoms with Gasteiger partial charge < -0.3 is 4.74 Å². The van der Waals surface area contributed by atoms with Gasteiger partial charge in [0.15, 0.2) is 0 Å². The second kappa shape index (κ2) is 3.20. The molecule has 5 saturated carbocycles. The molecule has 5 fully saturated rings. The molecule has 0 aromatic carbocycles. The molecular weight excluding hydrogens is 236 g/mol. The lowest BCUT2D eigenvalue weighted by molar-refractivity contribution is -0.178. The molecular formula is C17H26O2. The van der Waals surface area contributed by atoms with E-state index >= 15 is 0 Å². The first-order valence-electron chi connectivity index (χ1n) is 8.00. The Labute approximate surface area is 116 Å². The Bertz CT molecular complexity index is 458. The highest BCUT2D eigenvalue weighted by molar-refractivity contribution is 5.66. The molecule has 0 radical (unpaired) electrons. The van der Waals surface area contributed by atoms with Crippen molar-refractivity contribution >= 4 is 5.97 Å². The molecule has 106 valence electrons. The minimum Gasteiger partial charge on any atom is -0.462 e. The average Bonchev–Trinajstić information content (AvgIpc) is 2.74. The van der Waals surface area contributed by atoms with Gasteiger partial charge in [-0.05, 0) is 66.1 Å². The molecule has 0 aromatic heterocycles. The van der Waals surface area contributed by atoms with Crippen molar-refractivity contribution < 1.29 is 9.53 Å². The second-order valence-corrected chi connectivity index (χ2v) is 8.48. The number of hydrogen-bond acceptors (Lipinski definition) is 2. The van der Waals surface area contributed by atoms with Gasteiger partial charge in [0.2, 0.25) is 0 Å². The van der Waals surface area contributed by atoms with Crippen LogP contribution in [-0.2, 0) is 9.53 Å². The van der Waals surface area contributed by atoms with Crippen LogP contribution in [0.1, 0.15) is 59.8 Å². The molecule has 7 atom stereocenters. The van der Waals surface area contributed by atoms with E-state index < -0.39 is 0 Å². The van der Waals surface area contributed by atoms with Gasteiger partial charge in [0.1, 0.15) is 6.10 Å². The van der Waals surface area contributed by atoms with E-state index in [0.29, 0.717) is 22.2 Å². The number of hydrogen-bond donors (Lipinski definition) is 0. The molecule has 5 aliphatic carbocycles. The van der Waals surface area contributed by atoms with Gasteiger partial charge in [0, 0.05) is 6.92 Å². The van der Waals surface area contributed by atoms with E-state index in [1.807, 2.05) is 0 Å². The second-order valence-electron chi connectivity index (χ2n) is 8.48. The standard InChI is InChI=1S/C17H26O2/c1-10-14(19-11(2)18)5-6-17-8-13-12(7-16(10,17)4)15(13,3)9-17/h10,12-14H,5-9H2,1-4H3. The summed E-state index contributed by atoms with van der Waals surface area (Å²) in [5.41, 5.74) is 1.66. The number of carbonyl (C=O) groups excluding carboxylic acids is 1. The van der Waals surface area contributed by atoms with E-state index in [4.69, 9.17) is 4.74 Å². The first-order valence-corrected chi connectivity index (χ1v) is 8.00. The zero-order valence-corrected chi connectivity index (χ0v) is 12.7. The molecule has 0 heterocycles. The van der Waals surface area contributed by atoms with Crippen molar-refractivity contribution in [3.63, 3.8) is 0 Å². The van der Waals surface area contributed by atoms with Crippen LogP contribution in [0.2, 0.25) is 0 Å². The fourth-order valence-corrected chi connectivity index (χ4v) is 6.71. The minimum absolute atomic E-state index is 0.102. The van der Waals surface area contributed by atoms with Gasteiger partial charge in [-0.15, -0.1) is 0 Å². The lowest BCUT2D eigenvalue weighted by Crippen LogP contribution is -2.56. The van der Waals surface area contributed by atoms with Gasteiger partial charge in [0.25, 0.3) is 0 Å². The topological polar surface area (TPSA) is 26.3 Å². The summed E-state index contributed by atoms with van der Waals surface area (Å²) in [7, 11) is 0.